The summed E-state index contributed by atoms with van der Waals surface area (Å²) in [6.07, 6.45) is 1.98. The highest BCUT2D eigenvalue weighted by atomic mass is 32.2. The molecule has 0 amide bonds. The normalized spacial score (nSPS) is 20.5. The van der Waals surface area contributed by atoms with Crippen molar-refractivity contribution in [1.29, 1.82) is 0 Å². The maximum atomic E-state index is 12.1. The number of aryl methyl sites for hydroxylation is 1. The molecule has 1 heterocycles. The van der Waals surface area contributed by atoms with Crippen LogP contribution < -0.4 is 0 Å². The lowest BCUT2D eigenvalue weighted by Gasteiger charge is -2.22. The lowest BCUT2D eigenvalue weighted by Crippen LogP contribution is -2.15. The van der Waals surface area contributed by atoms with E-state index in [2.05, 4.69) is 6.07 Å². The molecule has 0 bridgehead atoms. The minimum absolute atomic E-state index is 0.903. The van der Waals surface area contributed by atoms with Crippen LogP contribution in [-0.4, -0.2) is 4.55 Å². The Labute approximate surface area is 88.0 Å². The van der Waals surface area contributed by atoms with Gasteiger partial charge >= 0.3 is 0 Å². The SMILES string of the molecule is CC(C)=C1CCc2ccccc2[S+]1[O-]. The minimum atomic E-state index is -0.903. The zero-order chi connectivity index (χ0) is 10.1. The molecule has 1 aromatic rings. The van der Waals surface area contributed by atoms with E-state index in [1.54, 1.807) is 0 Å². The molecule has 74 valence electrons. The van der Waals surface area contributed by atoms with E-state index in [0.717, 1.165) is 22.6 Å². The van der Waals surface area contributed by atoms with Gasteiger partial charge in [0.05, 0.1) is 0 Å². The summed E-state index contributed by atoms with van der Waals surface area (Å²) in [7, 11) is 0. The van der Waals surface area contributed by atoms with Crippen molar-refractivity contribution in [2.75, 3.05) is 0 Å². The second-order valence-electron chi connectivity index (χ2n) is 3.80. The third-order valence-corrected chi connectivity index (χ3v) is 4.43. The van der Waals surface area contributed by atoms with Crippen LogP contribution >= 0.6 is 0 Å². The van der Waals surface area contributed by atoms with Crippen LogP contribution in [0.4, 0.5) is 0 Å². The largest absolute Gasteiger partial charge is 0.607 e. The van der Waals surface area contributed by atoms with E-state index in [-0.39, 0.29) is 0 Å². The molecule has 1 aliphatic heterocycles. The number of hydrogen-bond acceptors (Lipinski definition) is 1. The maximum absolute atomic E-state index is 12.1. The van der Waals surface area contributed by atoms with Gasteiger partial charge in [0.1, 0.15) is 4.91 Å². The van der Waals surface area contributed by atoms with Crippen LogP contribution in [0.25, 0.3) is 0 Å². The van der Waals surface area contributed by atoms with Crippen molar-refractivity contribution in [2.45, 2.75) is 31.6 Å². The minimum Gasteiger partial charge on any atom is -0.607 e. The predicted octanol–water partition coefficient (Wildman–Crippen LogP) is 3.03. The Morgan fingerprint density at radius 2 is 1.93 bits per heavy atom. The van der Waals surface area contributed by atoms with Crippen molar-refractivity contribution >= 4 is 11.2 Å². The molecule has 0 aliphatic carbocycles. The Morgan fingerprint density at radius 1 is 1.21 bits per heavy atom. The molecule has 1 aliphatic rings. The first-order valence-electron chi connectivity index (χ1n) is 4.86. The molecule has 0 saturated carbocycles. The monoisotopic (exact) mass is 206 g/mol. The standard InChI is InChI=1S/C12H14OS/c1-9(2)11-8-7-10-5-3-4-6-12(10)14(11)13/h3-6H,7-8H2,1-2H3. The summed E-state index contributed by atoms with van der Waals surface area (Å²) in [5.74, 6) is 0. The summed E-state index contributed by atoms with van der Waals surface area (Å²) in [6, 6.07) is 8.04. The van der Waals surface area contributed by atoms with Crippen LogP contribution in [0, 0.1) is 0 Å². The van der Waals surface area contributed by atoms with Crippen molar-refractivity contribution in [3.8, 4) is 0 Å². The Hall–Kier alpha value is -0.730. The molecule has 0 saturated heterocycles. The number of rotatable bonds is 0. The topological polar surface area (TPSA) is 23.1 Å². The molecule has 1 nitrogen and oxygen atoms in total. The first-order chi connectivity index (χ1) is 6.70. The van der Waals surface area contributed by atoms with Crippen LogP contribution in [0.15, 0.2) is 39.6 Å². The Kier molecular flexibility index (Phi) is 2.66. The maximum Gasteiger partial charge on any atom is 0.161 e. The van der Waals surface area contributed by atoms with Gasteiger partial charge in [-0.15, -0.1) is 0 Å². The molecule has 1 unspecified atom stereocenters. The lowest BCUT2D eigenvalue weighted by molar-refractivity contribution is 0.593. The summed E-state index contributed by atoms with van der Waals surface area (Å²) in [5, 5.41) is 0. The first kappa shape index (κ1) is 9.81. The van der Waals surface area contributed by atoms with Gasteiger partial charge in [0, 0.05) is 23.2 Å². The highest BCUT2D eigenvalue weighted by Gasteiger charge is 2.27. The van der Waals surface area contributed by atoms with E-state index >= 15 is 0 Å². The molecule has 2 heteroatoms. The molecule has 2 rings (SSSR count). The summed E-state index contributed by atoms with van der Waals surface area (Å²) < 4.78 is 12.1. The van der Waals surface area contributed by atoms with E-state index in [1.165, 1.54) is 11.1 Å². The highest BCUT2D eigenvalue weighted by molar-refractivity contribution is 7.95. The zero-order valence-electron chi connectivity index (χ0n) is 8.54. The van der Waals surface area contributed by atoms with Gasteiger partial charge in [0.25, 0.3) is 0 Å². The molecule has 0 spiro atoms. The van der Waals surface area contributed by atoms with Crippen molar-refractivity contribution in [1.82, 2.24) is 0 Å². The molecule has 0 fully saturated rings. The average Bonchev–Trinajstić information content (AvgIpc) is 2.18. The Morgan fingerprint density at radius 3 is 2.64 bits per heavy atom. The van der Waals surface area contributed by atoms with Crippen LogP contribution in [0.2, 0.25) is 0 Å². The van der Waals surface area contributed by atoms with Crippen LogP contribution in [-0.2, 0) is 17.6 Å². The molecular weight excluding hydrogens is 192 g/mol. The molecule has 1 aromatic carbocycles. The first-order valence-corrected chi connectivity index (χ1v) is 6.01. The van der Waals surface area contributed by atoms with E-state index < -0.39 is 11.2 Å². The Bertz CT molecular complexity index is 378. The van der Waals surface area contributed by atoms with Crippen molar-refractivity contribution in [3.63, 3.8) is 0 Å². The van der Waals surface area contributed by atoms with Gasteiger partial charge < -0.3 is 4.55 Å². The molecule has 14 heavy (non-hydrogen) atoms. The summed E-state index contributed by atoms with van der Waals surface area (Å²) in [4.78, 5) is 2.12. The quantitative estimate of drug-likeness (QED) is 0.598. The van der Waals surface area contributed by atoms with E-state index in [9.17, 15) is 4.55 Å². The molecular formula is C12H14OS. The van der Waals surface area contributed by atoms with E-state index in [0.29, 0.717) is 0 Å². The fraction of sp³-hybridized carbons (Fsp3) is 0.333. The smallest absolute Gasteiger partial charge is 0.161 e. The van der Waals surface area contributed by atoms with Crippen LogP contribution in [0.3, 0.4) is 0 Å². The van der Waals surface area contributed by atoms with Gasteiger partial charge in [-0.2, -0.15) is 0 Å². The number of hydrogen-bond donors (Lipinski definition) is 0. The molecule has 1 atom stereocenters. The number of allylic oxidation sites excluding steroid dienone is 2. The fourth-order valence-electron chi connectivity index (χ4n) is 1.80. The third kappa shape index (κ3) is 1.60. The van der Waals surface area contributed by atoms with Gasteiger partial charge in [-0.3, -0.25) is 0 Å². The van der Waals surface area contributed by atoms with Crippen molar-refractivity contribution in [3.05, 3.63) is 40.3 Å². The summed E-state index contributed by atoms with van der Waals surface area (Å²) >= 11 is -0.903. The zero-order valence-corrected chi connectivity index (χ0v) is 9.36. The second kappa shape index (κ2) is 3.79. The van der Waals surface area contributed by atoms with E-state index in [4.69, 9.17) is 0 Å². The average molecular weight is 206 g/mol. The van der Waals surface area contributed by atoms with Crippen LogP contribution in [0.1, 0.15) is 25.8 Å². The van der Waals surface area contributed by atoms with Crippen molar-refractivity contribution in [2.24, 2.45) is 0 Å². The second-order valence-corrected chi connectivity index (χ2v) is 5.27. The molecule has 0 aromatic heterocycles. The predicted molar refractivity (Wildman–Crippen MR) is 59.5 cm³/mol. The highest BCUT2D eigenvalue weighted by Crippen LogP contribution is 2.33. The van der Waals surface area contributed by atoms with Crippen LogP contribution in [0.5, 0.6) is 0 Å². The molecule has 0 radical (unpaired) electrons. The summed E-state index contributed by atoms with van der Waals surface area (Å²) in [6.45, 7) is 4.09. The number of benzene rings is 1. The Balaban J connectivity index is 2.47. The van der Waals surface area contributed by atoms with Gasteiger partial charge in [0.2, 0.25) is 0 Å². The van der Waals surface area contributed by atoms with Crippen molar-refractivity contribution < 1.29 is 4.55 Å². The van der Waals surface area contributed by atoms with Gasteiger partial charge in [-0.05, 0) is 31.9 Å². The number of fused-ring (bicyclic) bond motifs is 1. The van der Waals surface area contributed by atoms with Gasteiger partial charge in [0.15, 0.2) is 4.90 Å². The van der Waals surface area contributed by atoms with Gasteiger partial charge in [-0.25, -0.2) is 0 Å². The van der Waals surface area contributed by atoms with E-state index in [1.807, 2.05) is 32.0 Å². The lowest BCUT2D eigenvalue weighted by atomic mass is 10.1. The third-order valence-electron chi connectivity index (χ3n) is 2.58. The fourth-order valence-corrected chi connectivity index (χ4v) is 3.33. The van der Waals surface area contributed by atoms with Gasteiger partial charge in [-0.1, -0.05) is 18.2 Å². The molecule has 0 N–H and O–H groups in total. The summed E-state index contributed by atoms with van der Waals surface area (Å²) in [5.41, 5.74) is 2.45.